The molecule has 0 amide bonds. The van der Waals surface area contributed by atoms with Crippen molar-refractivity contribution >= 4 is 11.4 Å². The summed E-state index contributed by atoms with van der Waals surface area (Å²) in [7, 11) is 0. The van der Waals surface area contributed by atoms with Crippen LogP contribution in [0.3, 0.4) is 0 Å². The molecule has 0 aromatic heterocycles. The second-order valence-corrected chi connectivity index (χ2v) is 1.64. The zero-order chi connectivity index (χ0) is 8.41. The highest BCUT2D eigenvalue weighted by Gasteiger charge is 1.67. The molecule has 4 nitrogen and oxygen atoms in total. The topological polar surface area (TPSA) is 66.8 Å². The molecule has 0 heterocycles. The van der Waals surface area contributed by atoms with Crippen LogP contribution in [0, 0.1) is 0 Å². The highest BCUT2D eigenvalue weighted by Crippen LogP contribution is 1.69. The highest BCUT2D eigenvalue weighted by atomic mass is 32.2. The molecule has 62 valence electrons. The van der Waals surface area contributed by atoms with Gasteiger partial charge in [0.2, 0.25) is 0 Å². The van der Waals surface area contributed by atoms with Gasteiger partial charge in [0.15, 0.2) is 0 Å². The van der Waals surface area contributed by atoms with Gasteiger partial charge in [0.05, 0.1) is 6.61 Å². The summed E-state index contributed by atoms with van der Waals surface area (Å²) in [5.74, 6) is 0. The molecule has 0 aliphatic rings. The lowest BCUT2D eigenvalue weighted by molar-refractivity contribution is 0.178. The highest BCUT2D eigenvalue weighted by molar-refractivity contribution is 7.73. The van der Waals surface area contributed by atoms with Crippen molar-refractivity contribution in [1.29, 1.82) is 0 Å². The quantitative estimate of drug-likeness (QED) is 0.373. The Bertz CT molecular complexity index is 89.6. The van der Waals surface area contributed by atoms with Crippen molar-refractivity contribution in [1.82, 2.24) is 0 Å². The summed E-state index contributed by atoms with van der Waals surface area (Å²) >= 11 is -2.61. The molecule has 0 bridgehead atoms. The third-order valence-electron chi connectivity index (χ3n) is 0.440. The van der Waals surface area contributed by atoms with Gasteiger partial charge in [0.1, 0.15) is 0 Å². The molecule has 5 heteroatoms. The average Bonchev–Trinajstić information content (AvgIpc) is 1.82. The second kappa shape index (κ2) is 11.6. The second-order valence-electron chi connectivity index (χ2n) is 1.18. The van der Waals surface area contributed by atoms with Crippen molar-refractivity contribution in [2.24, 2.45) is 0 Å². The van der Waals surface area contributed by atoms with Gasteiger partial charge in [-0.05, 0) is 6.92 Å². The van der Waals surface area contributed by atoms with Crippen LogP contribution in [-0.4, -0.2) is 26.5 Å². The summed E-state index contributed by atoms with van der Waals surface area (Å²) in [4.78, 5) is 0. The minimum absolute atomic E-state index is 0.677. The lowest BCUT2D eigenvalue weighted by Crippen LogP contribution is -1.86. The van der Waals surface area contributed by atoms with E-state index in [1.807, 2.05) is 6.92 Å². The predicted molar refractivity (Wildman–Crippen MR) is 40.1 cm³/mol. The smallest absolute Gasteiger partial charge is 0.299 e. The van der Waals surface area contributed by atoms with E-state index in [4.69, 9.17) is 18.1 Å². The van der Waals surface area contributed by atoms with Gasteiger partial charge in [0.25, 0.3) is 11.4 Å². The van der Waals surface area contributed by atoms with Crippen LogP contribution in [0.4, 0.5) is 0 Å². The maximum absolute atomic E-state index is 8.67. The van der Waals surface area contributed by atoms with Crippen LogP contribution in [0.25, 0.3) is 0 Å². The molecule has 0 radical (unpaired) electrons. The lowest BCUT2D eigenvalue weighted by atomic mass is 10.7. The molecule has 0 aromatic carbocycles. The van der Waals surface area contributed by atoms with E-state index in [-0.39, 0.29) is 0 Å². The molecule has 0 aliphatic heterocycles. The van der Waals surface area contributed by atoms with Gasteiger partial charge >= 0.3 is 0 Å². The molecule has 0 saturated heterocycles. The number of hydrogen-bond donors (Lipinski definition) is 2. The van der Waals surface area contributed by atoms with Crippen LogP contribution in [0.15, 0.2) is 12.7 Å². The Morgan fingerprint density at radius 3 is 2.20 bits per heavy atom. The normalized spacial score (nSPS) is 8.40. The fraction of sp³-hybridized carbons (Fsp3) is 0.600. The van der Waals surface area contributed by atoms with Crippen molar-refractivity contribution in [3.8, 4) is 0 Å². The molecule has 0 fully saturated rings. The summed E-state index contributed by atoms with van der Waals surface area (Å²) in [5.41, 5.74) is 0. The van der Waals surface area contributed by atoms with Crippen LogP contribution in [-0.2, 0) is 16.1 Å². The molecule has 0 saturated carbocycles. The molecule has 0 unspecified atom stereocenters. The van der Waals surface area contributed by atoms with Crippen LogP contribution < -0.4 is 0 Å². The van der Waals surface area contributed by atoms with Crippen molar-refractivity contribution in [3.63, 3.8) is 0 Å². The van der Waals surface area contributed by atoms with Crippen molar-refractivity contribution in [2.45, 2.75) is 6.92 Å². The third kappa shape index (κ3) is 46.4. The molecule has 0 spiro atoms. The van der Waals surface area contributed by atoms with E-state index >= 15 is 0 Å². The number of hydrogen-bond acceptors (Lipinski definition) is 2. The summed E-state index contributed by atoms with van der Waals surface area (Å²) in [6.45, 7) is 6.90. The van der Waals surface area contributed by atoms with E-state index < -0.39 is 11.4 Å². The first kappa shape index (κ1) is 12.4. The van der Waals surface area contributed by atoms with Gasteiger partial charge in [-0.1, -0.05) is 6.08 Å². The van der Waals surface area contributed by atoms with Crippen LogP contribution >= 0.6 is 0 Å². The van der Waals surface area contributed by atoms with Crippen LogP contribution in [0.5, 0.6) is 0 Å². The van der Waals surface area contributed by atoms with E-state index in [1.165, 1.54) is 0 Å². The Hall–Kier alpha value is -0.230. The molecule has 0 aromatic rings. The van der Waals surface area contributed by atoms with Crippen molar-refractivity contribution in [2.75, 3.05) is 13.2 Å². The third-order valence-corrected chi connectivity index (χ3v) is 0.440. The molecule has 2 N–H and O–H groups in total. The van der Waals surface area contributed by atoms with Gasteiger partial charge in [-0.15, -0.1) is 6.58 Å². The van der Waals surface area contributed by atoms with Crippen molar-refractivity contribution < 1.29 is 18.1 Å². The maximum atomic E-state index is 8.67. The van der Waals surface area contributed by atoms with Crippen molar-refractivity contribution in [3.05, 3.63) is 12.7 Å². The Morgan fingerprint density at radius 2 is 2.10 bits per heavy atom. The van der Waals surface area contributed by atoms with E-state index in [0.717, 1.165) is 6.61 Å². The summed E-state index contributed by atoms with van der Waals surface area (Å²) < 4.78 is 27.7. The zero-order valence-corrected chi connectivity index (χ0v) is 6.63. The largest absolute Gasteiger partial charge is 0.378 e. The Balaban J connectivity index is 0. The molecule has 0 rings (SSSR count). The SMILES string of the molecule is C=CCOCC.O=S(O)O. The molecule has 0 atom stereocenters. The first-order valence-electron chi connectivity index (χ1n) is 2.63. The maximum Gasteiger partial charge on any atom is 0.299 e. The molecular formula is C5H12O4S. The fourth-order valence-electron chi connectivity index (χ4n) is 0.201. The monoisotopic (exact) mass is 168 g/mol. The minimum Gasteiger partial charge on any atom is -0.378 e. The minimum atomic E-state index is -2.61. The van der Waals surface area contributed by atoms with Crippen LogP contribution in [0.1, 0.15) is 6.92 Å². The van der Waals surface area contributed by atoms with E-state index in [1.54, 1.807) is 6.08 Å². The van der Waals surface area contributed by atoms with E-state index in [0.29, 0.717) is 6.61 Å². The zero-order valence-electron chi connectivity index (χ0n) is 5.82. The van der Waals surface area contributed by atoms with Crippen LogP contribution in [0.2, 0.25) is 0 Å². The van der Waals surface area contributed by atoms with E-state index in [9.17, 15) is 0 Å². The summed E-state index contributed by atoms with van der Waals surface area (Å²) in [5, 5.41) is 0. The van der Waals surface area contributed by atoms with Gasteiger partial charge in [-0.3, -0.25) is 9.11 Å². The first-order valence-corrected chi connectivity index (χ1v) is 3.70. The Labute approximate surface area is 63.0 Å². The van der Waals surface area contributed by atoms with E-state index in [2.05, 4.69) is 6.58 Å². The Morgan fingerprint density at radius 1 is 1.70 bits per heavy atom. The number of rotatable bonds is 3. The Kier molecular flexibility index (Phi) is 14.4. The molecule has 10 heavy (non-hydrogen) atoms. The van der Waals surface area contributed by atoms with Gasteiger partial charge in [-0.2, -0.15) is 4.21 Å². The molecular weight excluding hydrogens is 156 g/mol. The number of ether oxygens (including phenoxy) is 1. The predicted octanol–water partition coefficient (Wildman–Crippen LogP) is 0.890. The summed E-state index contributed by atoms with van der Waals surface area (Å²) in [6, 6.07) is 0. The average molecular weight is 168 g/mol. The lowest BCUT2D eigenvalue weighted by Gasteiger charge is -1.88. The summed E-state index contributed by atoms with van der Waals surface area (Å²) in [6.07, 6.45) is 1.74. The molecule has 0 aliphatic carbocycles. The van der Waals surface area contributed by atoms with Gasteiger partial charge in [0, 0.05) is 6.61 Å². The standard InChI is InChI=1S/C5H10O.H2O3S/c1-3-5-6-4-2;1-4(2)3/h3H,1,4-5H2,2H3;(H2,1,2,3). The van der Waals surface area contributed by atoms with Gasteiger partial charge < -0.3 is 4.74 Å². The van der Waals surface area contributed by atoms with Gasteiger partial charge in [-0.25, -0.2) is 0 Å². The fourth-order valence-corrected chi connectivity index (χ4v) is 0.201. The first-order chi connectivity index (χ1) is 4.65.